The maximum absolute atomic E-state index is 6.44. The number of thiophene rings is 1. The summed E-state index contributed by atoms with van der Waals surface area (Å²) in [5.74, 6) is 0. The van der Waals surface area contributed by atoms with Crippen LogP contribution in [0.5, 0.6) is 0 Å². The summed E-state index contributed by atoms with van der Waals surface area (Å²) in [5.41, 5.74) is 13.4. The van der Waals surface area contributed by atoms with Crippen LogP contribution in [0.1, 0.15) is 12.5 Å². The van der Waals surface area contributed by atoms with Crippen molar-refractivity contribution in [3.8, 4) is 11.1 Å². The third-order valence-corrected chi connectivity index (χ3v) is 6.74. The molecule has 146 valence electrons. The summed E-state index contributed by atoms with van der Waals surface area (Å²) < 4.78 is 1.29. The van der Waals surface area contributed by atoms with Crippen LogP contribution in [0.2, 0.25) is 0 Å². The van der Waals surface area contributed by atoms with Crippen LogP contribution >= 0.6 is 23.1 Å². The first kappa shape index (κ1) is 19.6. The number of hydrogen-bond donors (Lipinski definition) is 2. The van der Waals surface area contributed by atoms with Gasteiger partial charge in [-0.2, -0.15) is 0 Å². The summed E-state index contributed by atoms with van der Waals surface area (Å²) in [6.45, 7) is 4.07. The van der Waals surface area contributed by atoms with E-state index in [4.69, 9.17) is 5.73 Å². The first-order valence-electron chi connectivity index (χ1n) is 9.41. The van der Waals surface area contributed by atoms with E-state index >= 15 is 0 Å². The van der Waals surface area contributed by atoms with E-state index in [1.165, 1.54) is 20.5 Å². The highest BCUT2D eigenvalue weighted by atomic mass is 32.2. The molecule has 29 heavy (non-hydrogen) atoms. The Morgan fingerprint density at radius 3 is 2.72 bits per heavy atom. The molecule has 1 heterocycles. The Bertz CT molecular complexity index is 1210. The molecular formula is C24H23N3S2. The number of benzene rings is 3. The summed E-state index contributed by atoms with van der Waals surface area (Å²) in [4.78, 5) is 5.77. The highest BCUT2D eigenvalue weighted by Crippen LogP contribution is 2.41. The SMILES string of the molecule is CC=Nc1c(N)cc(Nc2ccccc2SC)cc1-c1ccc2scc(C)c2c1. The van der Waals surface area contributed by atoms with Gasteiger partial charge in [0.2, 0.25) is 0 Å². The van der Waals surface area contributed by atoms with E-state index in [2.05, 4.69) is 65.3 Å². The molecule has 0 aliphatic carbocycles. The Kier molecular flexibility index (Phi) is 5.60. The van der Waals surface area contributed by atoms with Gasteiger partial charge in [-0.05, 0) is 78.4 Å². The zero-order valence-corrected chi connectivity index (χ0v) is 18.3. The fourth-order valence-electron chi connectivity index (χ4n) is 3.45. The first-order valence-corrected chi connectivity index (χ1v) is 11.5. The molecule has 3 nitrogen and oxygen atoms in total. The van der Waals surface area contributed by atoms with Crippen molar-refractivity contribution in [3.63, 3.8) is 0 Å². The molecule has 0 atom stereocenters. The van der Waals surface area contributed by atoms with Gasteiger partial charge in [-0.3, -0.25) is 4.99 Å². The monoisotopic (exact) mass is 417 g/mol. The second-order valence-corrected chi connectivity index (χ2v) is 8.56. The Morgan fingerprint density at radius 1 is 1.10 bits per heavy atom. The minimum atomic E-state index is 0.659. The zero-order chi connectivity index (χ0) is 20.4. The van der Waals surface area contributed by atoms with E-state index in [1.807, 2.05) is 25.1 Å². The summed E-state index contributed by atoms with van der Waals surface area (Å²) in [6.07, 6.45) is 3.87. The zero-order valence-electron chi connectivity index (χ0n) is 16.7. The third kappa shape index (κ3) is 3.88. The molecule has 0 amide bonds. The van der Waals surface area contributed by atoms with E-state index in [-0.39, 0.29) is 0 Å². The summed E-state index contributed by atoms with van der Waals surface area (Å²) >= 11 is 3.49. The second-order valence-electron chi connectivity index (χ2n) is 6.80. The van der Waals surface area contributed by atoms with E-state index in [0.717, 1.165) is 28.2 Å². The van der Waals surface area contributed by atoms with Crippen LogP contribution in [0.15, 0.2) is 69.9 Å². The number of aliphatic imine (C=N–C) groups is 1. The molecule has 0 saturated heterocycles. The van der Waals surface area contributed by atoms with Gasteiger partial charge < -0.3 is 11.1 Å². The standard InChI is InChI=1S/C24H23N3S2/c1-4-26-24-19(16-9-10-22-18(11-16)15(2)14-29-22)12-17(13-20(24)25)27-21-7-5-6-8-23(21)28-3/h4-14,27H,25H2,1-3H3. The van der Waals surface area contributed by atoms with E-state index in [9.17, 15) is 0 Å². The van der Waals surface area contributed by atoms with Crippen LogP contribution in [0.3, 0.4) is 0 Å². The predicted octanol–water partition coefficient (Wildman–Crippen LogP) is 7.65. The van der Waals surface area contributed by atoms with Crippen LogP contribution in [-0.2, 0) is 0 Å². The molecule has 0 aliphatic heterocycles. The number of nitrogens with two attached hydrogens (primary N) is 1. The molecular weight excluding hydrogens is 394 g/mol. The van der Waals surface area contributed by atoms with Crippen LogP contribution in [0.25, 0.3) is 21.2 Å². The molecule has 4 aromatic rings. The van der Waals surface area contributed by atoms with E-state index in [1.54, 1.807) is 29.3 Å². The number of hydrogen-bond acceptors (Lipinski definition) is 5. The highest BCUT2D eigenvalue weighted by Gasteiger charge is 2.13. The van der Waals surface area contributed by atoms with Gasteiger partial charge in [-0.1, -0.05) is 18.2 Å². The van der Waals surface area contributed by atoms with Gasteiger partial charge in [-0.15, -0.1) is 23.1 Å². The Hall–Kier alpha value is -2.76. The third-order valence-electron chi connectivity index (χ3n) is 4.86. The number of para-hydroxylation sites is 1. The average molecular weight is 418 g/mol. The summed E-state index contributed by atoms with van der Waals surface area (Å²) in [5, 5.41) is 7.02. The summed E-state index contributed by atoms with van der Waals surface area (Å²) in [7, 11) is 0. The Balaban J connectivity index is 1.85. The van der Waals surface area contributed by atoms with Crippen molar-refractivity contribution in [2.75, 3.05) is 17.3 Å². The average Bonchev–Trinajstić information content (AvgIpc) is 3.10. The maximum atomic E-state index is 6.44. The van der Waals surface area contributed by atoms with Crippen molar-refractivity contribution >= 4 is 62.1 Å². The van der Waals surface area contributed by atoms with Gasteiger partial charge in [-0.25, -0.2) is 0 Å². The smallest absolute Gasteiger partial charge is 0.0934 e. The van der Waals surface area contributed by atoms with Crippen molar-refractivity contribution in [1.29, 1.82) is 0 Å². The molecule has 0 unspecified atom stereocenters. The van der Waals surface area contributed by atoms with Gasteiger partial charge in [0, 0.05) is 27.1 Å². The van der Waals surface area contributed by atoms with Gasteiger partial charge in [0.1, 0.15) is 0 Å². The van der Waals surface area contributed by atoms with Crippen molar-refractivity contribution in [2.45, 2.75) is 18.7 Å². The topological polar surface area (TPSA) is 50.4 Å². The number of anilines is 3. The molecule has 0 bridgehead atoms. The lowest BCUT2D eigenvalue weighted by Crippen LogP contribution is -1.96. The lowest BCUT2D eigenvalue weighted by molar-refractivity contribution is 1.41. The number of rotatable bonds is 5. The van der Waals surface area contributed by atoms with Crippen LogP contribution in [0.4, 0.5) is 22.7 Å². The van der Waals surface area contributed by atoms with Crippen molar-refractivity contribution < 1.29 is 0 Å². The quantitative estimate of drug-likeness (QED) is 0.199. The molecule has 0 spiro atoms. The lowest BCUT2D eigenvalue weighted by Gasteiger charge is -2.15. The van der Waals surface area contributed by atoms with Gasteiger partial charge in [0.25, 0.3) is 0 Å². The van der Waals surface area contributed by atoms with Gasteiger partial charge in [0.15, 0.2) is 0 Å². The largest absolute Gasteiger partial charge is 0.397 e. The van der Waals surface area contributed by atoms with Gasteiger partial charge >= 0.3 is 0 Å². The number of thioether (sulfide) groups is 1. The number of aryl methyl sites for hydroxylation is 1. The Labute approximate surface area is 179 Å². The molecule has 0 fully saturated rings. The molecule has 0 radical (unpaired) electrons. The fraction of sp³-hybridized carbons (Fsp3) is 0.125. The Morgan fingerprint density at radius 2 is 1.93 bits per heavy atom. The van der Waals surface area contributed by atoms with Crippen LogP contribution < -0.4 is 11.1 Å². The predicted molar refractivity (Wildman–Crippen MR) is 132 cm³/mol. The minimum Gasteiger partial charge on any atom is -0.397 e. The lowest BCUT2D eigenvalue weighted by atomic mass is 9.99. The highest BCUT2D eigenvalue weighted by molar-refractivity contribution is 7.98. The van der Waals surface area contributed by atoms with Gasteiger partial charge in [0.05, 0.1) is 17.1 Å². The number of fused-ring (bicyclic) bond motifs is 1. The molecule has 3 aromatic carbocycles. The van der Waals surface area contributed by atoms with Crippen molar-refractivity contribution in [3.05, 3.63) is 65.5 Å². The van der Waals surface area contributed by atoms with E-state index < -0.39 is 0 Å². The first-order chi connectivity index (χ1) is 14.1. The number of nitrogens with one attached hydrogen (secondary N) is 1. The maximum Gasteiger partial charge on any atom is 0.0934 e. The van der Waals surface area contributed by atoms with Crippen LogP contribution in [0, 0.1) is 6.92 Å². The number of nitrogen functional groups attached to an aromatic ring is 1. The van der Waals surface area contributed by atoms with Crippen LogP contribution in [-0.4, -0.2) is 12.5 Å². The van der Waals surface area contributed by atoms with Crippen molar-refractivity contribution in [2.24, 2.45) is 4.99 Å². The molecule has 0 aliphatic rings. The number of nitrogens with zero attached hydrogens (tertiary/aromatic N) is 1. The molecule has 1 aromatic heterocycles. The second kappa shape index (κ2) is 8.31. The van der Waals surface area contributed by atoms with Crippen molar-refractivity contribution in [1.82, 2.24) is 0 Å². The normalized spacial score (nSPS) is 11.4. The molecule has 4 rings (SSSR count). The molecule has 0 saturated carbocycles. The summed E-state index contributed by atoms with van der Waals surface area (Å²) in [6, 6.07) is 19.0. The minimum absolute atomic E-state index is 0.659. The fourth-order valence-corrected chi connectivity index (χ4v) is 4.93. The van der Waals surface area contributed by atoms with E-state index in [0.29, 0.717) is 5.69 Å². The molecule has 5 heteroatoms. The molecule has 3 N–H and O–H groups in total.